The monoisotopic (exact) mass is 439 g/mol. The third kappa shape index (κ3) is 5.39. The number of nitrogens with zero attached hydrogens (tertiary/aromatic N) is 1. The summed E-state index contributed by atoms with van der Waals surface area (Å²) in [5, 5.41) is 12.2. The summed E-state index contributed by atoms with van der Waals surface area (Å²) in [7, 11) is 0. The Morgan fingerprint density at radius 1 is 1.19 bits per heavy atom. The number of amides is 1. The summed E-state index contributed by atoms with van der Waals surface area (Å²) in [5.41, 5.74) is 7.76. The molecule has 10 nitrogen and oxygen atoms in total. The molecule has 1 aromatic carbocycles. The van der Waals surface area contributed by atoms with E-state index in [4.69, 9.17) is 5.73 Å². The van der Waals surface area contributed by atoms with Crippen molar-refractivity contribution in [2.45, 2.75) is 45.1 Å². The number of carbonyl (C=O) groups excluding carboxylic acids is 2. The highest BCUT2D eigenvalue weighted by molar-refractivity contribution is 5.96. The molecule has 0 aliphatic carbocycles. The second-order valence-electron chi connectivity index (χ2n) is 7.48. The largest absolute Gasteiger partial charge is 0.480 e. The van der Waals surface area contributed by atoms with Gasteiger partial charge in [-0.05, 0) is 42.5 Å². The maximum atomic E-state index is 12.4. The molecule has 0 spiro atoms. The molecule has 10 heteroatoms. The van der Waals surface area contributed by atoms with Crippen LogP contribution in [0.25, 0.3) is 11.0 Å². The van der Waals surface area contributed by atoms with Crippen molar-refractivity contribution < 1.29 is 19.5 Å². The topological polar surface area (TPSA) is 171 Å². The van der Waals surface area contributed by atoms with Gasteiger partial charge in [0.15, 0.2) is 0 Å². The van der Waals surface area contributed by atoms with Crippen LogP contribution in [0, 0.1) is 0 Å². The number of carboxylic acids is 1. The molecule has 0 bridgehead atoms. The second kappa shape index (κ2) is 9.90. The molecule has 2 aromatic heterocycles. The highest BCUT2D eigenvalue weighted by Crippen LogP contribution is 2.16. The first-order valence-electron chi connectivity index (χ1n) is 10.3. The number of aromatic amines is 2. The molecule has 0 fully saturated rings. The molecule has 0 saturated heterocycles. The summed E-state index contributed by atoms with van der Waals surface area (Å²) in [5.74, 6) is -1.69. The predicted octanol–water partition coefficient (Wildman–Crippen LogP) is 1.56. The van der Waals surface area contributed by atoms with Crippen molar-refractivity contribution >= 4 is 34.6 Å². The minimum absolute atomic E-state index is 0.0480. The van der Waals surface area contributed by atoms with E-state index >= 15 is 0 Å². The molecule has 3 rings (SSSR count). The maximum Gasteiger partial charge on any atom is 0.326 e. The third-order valence-electron chi connectivity index (χ3n) is 5.25. The molecule has 6 N–H and O–H groups in total. The quantitative estimate of drug-likeness (QED) is 0.319. The van der Waals surface area contributed by atoms with Crippen molar-refractivity contribution in [2.24, 2.45) is 0 Å². The third-order valence-corrected chi connectivity index (χ3v) is 5.25. The van der Waals surface area contributed by atoms with Crippen LogP contribution in [-0.2, 0) is 22.4 Å². The number of anilines is 1. The molecule has 168 valence electrons. The SMILES string of the molecule is CCC(=O)CC[C@H](NC(=O)c1ccc(CCc2c[nH]c3nc(N)[nH]c(=O)c23)cc1)C(=O)O. The van der Waals surface area contributed by atoms with E-state index < -0.39 is 17.9 Å². The van der Waals surface area contributed by atoms with Crippen LogP contribution in [0.3, 0.4) is 0 Å². The summed E-state index contributed by atoms with van der Waals surface area (Å²) < 4.78 is 0. The summed E-state index contributed by atoms with van der Waals surface area (Å²) in [6.07, 6.45) is 3.41. The summed E-state index contributed by atoms with van der Waals surface area (Å²) in [6.45, 7) is 1.71. The van der Waals surface area contributed by atoms with Crippen molar-refractivity contribution in [3.63, 3.8) is 0 Å². The Labute approximate surface area is 183 Å². The number of carbonyl (C=O) groups is 3. The number of ketones is 1. The van der Waals surface area contributed by atoms with Gasteiger partial charge in [0.05, 0.1) is 5.39 Å². The number of Topliss-reactive ketones (excluding diaryl/α,β-unsaturated/α-hetero) is 1. The van der Waals surface area contributed by atoms with Crippen molar-refractivity contribution in [3.8, 4) is 0 Å². The number of carboxylic acid groups (broad SMARTS) is 1. The fourth-order valence-electron chi connectivity index (χ4n) is 3.40. The Bertz CT molecular complexity index is 1200. The first-order chi connectivity index (χ1) is 15.3. The van der Waals surface area contributed by atoms with Crippen LogP contribution in [-0.4, -0.2) is 43.8 Å². The average Bonchev–Trinajstić information content (AvgIpc) is 3.17. The van der Waals surface area contributed by atoms with Gasteiger partial charge in [-0.1, -0.05) is 19.1 Å². The lowest BCUT2D eigenvalue weighted by molar-refractivity contribution is -0.139. The Hall–Kier alpha value is -3.95. The number of nitrogen functional groups attached to an aromatic ring is 1. The zero-order valence-electron chi connectivity index (χ0n) is 17.6. The number of H-pyrrole nitrogens is 2. The zero-order valence-corrected chi connectivity index (χ0v) is 17.6. The molecule has 2 heterocycles. The number of fused-ring (bicyclic) bond motifs is 1. The van der Waals surface area contributed by atoms with Gasteiger partial charge in [0.1, 0.15) is 17.5 Å². The number of hydrogen-bond acceptors (Lipinski definition) is 6. The van der Waals surface area contributed by atoms with E-state index in [1.165, 1.54) is 0 Å². The first kappa shape index (κ1) is 22.7. The van der Waals surface area contributed by atoms with Gasteiger partial charge in [-0.15, -0.1) is 0 Å². The van der Waals surface area contributed by atoms with Gasteiger partial charge < -0.3 is 21.1 Å². The van der Waals surface area contributed by atoms with Gasteiger partial charge in [0, 0.05) is 24.6 Å². The van der Waals surface area contributed by atoms with E-state index in [1.54, 1.807) is 37.4 Å². The van der Waals surface area contributed by atoms with Crippen molar-refractivity contribution in [3.05, 3.63) is 57.5 Å². The average molecular weight is 439 g/mol. The van der Waals surface area contributed by atoms with Crippen LogP contribution in [0.2, 0.25) is 0 Å². The standard InChI is InChI=1S/C22H25N5O5/c1-2-15(28)9-10-16(21(31)32)25-19(29)13-6-3-12(4-7-13)5-8-14-11-24-18-17(14)20(30)27-22(23)26-18/h3-4,6-7,11,16H,2,5,8-10H2,1H3,(H,25,29)(H,31,32)(H4,23,24,26,27,30)/t16-/m0/s1. The molecule has 0 aliphatic rings. The Kier molecular flexibility index (Phi) is 7.04. The van der Waals surface area contributed by atoms with E-state index in [0.29, 0.717) is 35.9 Å². The molecule has 0 radical (unpaired) electrons. The molecule has 0 unspecified atom stereocenters. The van der Waals surface area contributed by atoms with Crippen LogP contribution in [0.15, 0.2) is 35.3 Å². The Morgan fingerprint density at radius 2 is 1.91 bits per heavy atom. The normalized spacial score (nSPS) is 11.9. The van der Waals surface area contributed by atoms with Crippen molar-refractivity contribution in [1.82, 2.24) is 20.3 Å². The fourth-order valence-corrected chi connectivity index (χ4v) is 3.40. The van der Waals surface area contributed by atoms with Crippen LogP contribution < -0.4 is 16.6 Å². The second-order valence-corrected chi connectivity index (χ2v) is 7.48. The van der Waals surface area contributed by atoms with Crippen LogP contribution >= 0.6 is 0 Å². The van der Waals surface area contributed by atoms with Crippen LogP contribution in [0.5, 0.6) is 0 Å². The van der Waals surface area contributed by atoms with Crippen molar-refractivity contribution in [2.75, 3.05) is 5.73 Å². The number of aliphatic carboxylic acids is 1. The van der Waals surface area contributed by atoms with Gasteiger partial charge >= 0.3 is 5.97 Å². The van der Waals surface area contributed by atoms with E-state index in [0.717, 1.165) is 11.1 Å². The number of nitrogens with two attached hydrogens (primary N) is 1. The number of aryl methyl sites for hydroxylation is 2. The summed E-state index contributed by atoms with van der Waals surface area (Å²) in [6, 6.07) is 5.66. The van der Waals surface area contributed by atoms with Gasteiger partial charge in [-0.2, -0.15) is 4.98 Å². The van der Waals surface area contributed by atoms with E-state index in [1.807, 2.05) is 0 Å². The molecular formula is C22H25N5O5. The summed E-state index contributed by atoms with van der Waals surface area (Å²) in [4.78, 5) is 56.9. The number of nitrogens with one attached hydrogen (secondary N) is 3. The lowest BCUT2D eigenvalue weighted by Crippen LogP contribution is -2.41. The first-order valence-corrected chi connectivity index (χ1v) is 10.3. The van der Waals surface area contributed by atoms with Gasteiger partial charge in [0.25, 0.3) is 11.5 Å². The number of aromatic nitrogens is 3. The molecular weight excluding hydrogens is 414 g/mol. The number of benzene rings is 1. The number of hydrogen-bond donors (Lipinski definition) is 5. The van der Waals surface area contributed by atoms with E-state index in [2.05, 4.69) is 20.3 Å². The highest BCUT2D eigenvalue weighted by atomic mass is 16.4. The lowest BCUT2D eigenvalue weighted by atomic mass is 10.0. The predicted molar refractivity (Wildman–Crippen MR) is 118 cm³/mol. The molecule has 0 aliphatic heterocycles. The minimum atomic E-state index is -1.18. The maximum absolute atomic E-state index is 12.4. The van der Waals surface area contributed by atoms with Crippen molar-refractivity contribution in [1.29, 1.82) is 0 Å². The minimum Gasteiger partial charge on any atom is -0.480 e. The van der Waals surface area contributed by atoms with Gasteiger partial charge in [0.2, 0.25) is 5.95 Å². The molecule has 3 aromatic rings. The van der Waals surface area contributed by atoms with E-state index in [-0.39, 0.29) is 30.1 Å². The van der Waals surface area contributed by atoms with Crippen LogP contribution in [0.4, 0.5) is 5.95 Å². The van der Waals surface area contributed by atoms with E-state index in [9.17, 15) is 24.3 Å². The molecule has 32 heavy (non-hydrogen) atoms. The van der Waals surface area contributed by atoms with Crippen LogP contribution in [0.1, 0.15) is 47.7 Å². The molecule has 0 saturated carbocycles. The highest BCUT2D eigenvalue weighted by Gasteiger charge is 2.21. The Balaban J connectivity index is 1.62. The lowest BCUT2D eigenvalue weighted by Gasteiger charge is -2.14. The molecule has 1 atom stereocenters. The zero-order chi connectivity index (χ0) is 23.3. The van der Waals surface area contributed by atoms with Gasteiger partial charge in [-0.25, -0.2) is 4.79 Å². The van der Waals surface area contributed by atoms with Gasteiger partial charge in [-0.3, -0.25) is 19.4 Å². The fraction of sp³-hybridized carbons (Fsp3) is 0.318. The Morgan fingerprint density at radius 3 is 2.56 bits per heavy atom. The molecule has 1 amide bonds. The summed E-state index contributed by atoms with van der Waals surface area (Å²) >= 11 is 0. The smallest absolute Gasteiger partial charge is 0.326 e. The number of rotatable bonds is 10.